The smallest absolute Gasteiger partial charge is 0.412 e. The van der Waals surface area contributed by atoms with Crippen molar-refractivity contribution in [2.75, 3.05) is 38.4 Å². The summed E-state index contributed by atoms with van der Waals surface area (Å²) in [7, 11) is -2.94. The number of hydrogen-bond acceptors (Lipinski definition) is 9. The fourth-order valence-electron chi connectivity index (χ4n) is 5.88. The molecule has 0 radical (unpaired) electrons. The Balaban J connectivity index is 3.04. The average molecular weight is 716 g/mol. The Labute approximate surface area is 296 Å². The minimum Gasteiger partial charge on any atom is -0.444 e. The van der Waals surface area contributed by atoms with Gasteiger partial charge >= 0.3 is 14.7 Å². The van der Waals surface area contributed by atoms with E-state index in [2.05, 4.69) is 19.1 Å². The molecule has 0 aromatic heterocycles. The lowest BCUT2D eigenvalue weighted by Gasteiger charge is -2.55. The van der Waals surface area contributed by atoms with Crippen molar-refractivity contribution in [3.63, 3.8) is 0 Å². The molecule has 0 bridgehead atoms. The van der Waals surface area contributed by atoms with Crippen molar-refractivity contribution >= 4 is 25.5 Å². The Hall–Kier alpha value is -1.33. The zero-order chi connectivity index (χ0) is 35.9. The number of carbonyl (C=O) groups is 1. The molecule has 1 amide bonds. The Bertz CT molecular complexity index is 978. The number of rotatable bonds is 26. The van der Waals surface area contributed by atoms with Crippen molar-refractivity contribution in [2.45, 2.75) is 168 Å². The molecule has 0 aromatic rings. The molecule has 278 valence electrons. The van der Waals surface area contributed by atoms with Crippen LogP contribution in [0.4, 0.5) is 4.79 Å². The first kappa shape index (κ1) is 44.7. The maximum absolute atomic E-state index is 13.6. The maximum Gasteiger partial charge on any atom is 0.412 e. The fourth-order valence-corrected chi connectivity index (χ4v) is 7.64. The molecule has 1 aliphatic rings. The van der Waals surface area contributed by atoms with Crippen LogP contribution in [0.1, 0.15) is 151 Å². The SMILES string of the molecule is CCCCCCCCCCCCCCCC1OC(C)(C)N(C(=O)OC(C)(C)C)CC1(CCS(C)=O)COP(OCCC#N)OCCC#N. The van der Waals surface area contributed by atoms with Gasteiger partial charge in [0.25, 0.3) is 0 Å². The van der Waals surface area contributed by atoms with E-state index in [0.29, 0.717) is 12.2 Å². The molecular formula is C36H66N3O7PS. The van der Waals surface area contributed by atoms with Crippen LogP contribution in [0.5, 0.6) is 0 Å². The molecule has 1 saturated heterocycles. The van der Waals surface area contributed by atoms with E-state index in [4.69, 9.17) is 33.6 Å². The molecule has 1 fully saturated rings. The number of unbranched alkanes of at least 4 members (excludes halogenated alkanes) is 12. The molecule has 10 nitrogen and oxygen atoms in total. The summed E-state index contributed by atoms with van der Waals surface area (Å²) in [5, 5.41) is 18.0. The highest BCUT2D eigenvalue weighted by molar-refractivity contribution is 7.84. The Morgan fingerprint density at radius 3 is 1.85 bits per heavy atom. The first-order chi connectivity index (χ1) is 22.8. The number of ether oxygens (including phenoxy) is 2. The summed E-state index contributed by atoms with van der Waals surface area (Å²) in [6.07, 6.45) is 19.0. The van der Waals surface area contributed by atoms with Gasteiger partial charge in [0.05, 0.1) is 50.9 Å². The molecule has 1 aliphatic heterocycles. The molecule has 0 aromatic carbocycles. The van der Waals surface area contributed by atoms with Crippen molar-refractivity contribution in [1.82, 2.24) is 4.90 Å². The molecule has 1 rings (SSSR count). The third-order valence-electron chi connectivity index (χ3n) is 8.59. The summed E-state index contributed by atoms with van der Waals surface area (Å²) >= 11 is 0. The molecule has 0 N–H and O–H groups in total. The zero-order valence-corrected chi connectivity index (χ0v) is 32.9. The van der Waals surface area contributed by atoms with Gasteiger partial charge in [0, 0.05) is 34.8 Å². The average Bonchev–Trinajstić information content (AvgIpc) is 3.01. The summed E-state index contributed by atoms with van der Waals surface area (Å²) in [6.45, 7) is 12.2. The van der Waals surface area contributed by atoms with Crippen LogP contribution in [0.15, 0.2) is 0 Å². The molecule has 0 spiro atoms. The normalized spacial score (nSPS) is 20.0. The van der Waals surface area contributed by atoms with Gasteiger partial charge in [-0.2, -0.15) is 10.5 Å². The first-order valence-corrected chi connectivity index (χ1v) is 21.0. The zero-order valence-electron chi connectivity index (χ0n) is 31.2. The second-order valence-electron chi connectivity index (χ2n) is 14.5. The first-order valence-electron chi connectivity index (χ1n) is 18.2. The molecule has 0 aliphatic carbocycles. The largest absolute Gasteiger partial charge is 0.444 e. The van der Waals surface area contributed by atoms with Gasteiger partial charge in [0.2, 0.25) is 0 Å². The predicted octanol–water partition coefficient (Wildman–Crippen LogP) is 9.70. The monoisotopic (exact) mass is 715 g/mol. The Morgan fingerprint density at radius 1 is 0.896 bits per heavy atom. The summed E-state index contributed by atoms with van der Waals surface area (Å²) in [4.78, 5) is 15.2. The highest BCUT2D eigenvalue weighted by atomic mass is 32.2. The molecule has 1 heterocycles. The van der Waals surface area contributed by atoms with Gasteiger partial charge in [-0.3, -0.25) is 9.11 Å². The lowest BCUT2D eigenvalue weighted by Crippen LogP contribution is -2.65. The third-order valence-corrected chi connectivity index (χ3v) is 10.5. The van der Waals surface area contributed by atoms with Crippen molar-refractivity contribution < 1.29 is 32.0 Å². The van der Waals surface area contributed by atoms with Gasteiger partial charge in [-0.05, 0) is 47.5 Å². The highest BCUT2D eigenvalue weighted by Gasteiger charge is 2.53. The Kier molecular flexibility index (Phi) is 23.1. The number of nitrogens with zero attached hydrogens (tertiary/aromatic N) is 3. The summed E-state index contributed by atoms with van der Waals surface area (Å²) in [6, 6.07) is 4.11. The third kappa shape index (κ3) is 19.2. The number of carbonyl (C=O) groups excluding carboxylic acids is 1. The second kappa shape index (κ2) is 24.8. The molecule has 3 unspecified atom stereocenters. The highest BCUT2D eigenvalue weighted by Crippen LogP contribution is 2.48. The molecule has 48 heavy (non-hydrogen) atoms. The fraction of sp³-hybridized carbons (Fsp3) is 0.917. The number of nitriles is 2. The van der Waals surface area contributed by atoms with Gasteiger partial charge in [-0.25, -0.2) is 4.79 Å². The van der Waals surface area contributed by atoms with Crippen LogP contribution in [-0.2, 0) is 33.8 Å². The van der Waals surface area contributed by atoms with Gasteiger partial charge in [-0.15, -0.1) is 0 Å². The van der Waals surface area contributed by atoms with Crippen molar-refractivity contribution in [1.29, 1.82) is 10.5 Å². The van der Waals surface area contributed by atoms with Gasteiger partial charge in [0.1, 0.15) is 11.3 Å². The molecule has 0 saturated carbocycles. The van der Waals surface area contributed by atoms with E-state index in [9.17, 15) is 9.00 Å². The molecular weight excluding hydrogens is 649 g/mol. The van der Waals surface area contributed by atoms with E-state index in [-0.39, 0.29) is 45.3 Å². The number of hydrogen-bond donors (Lipinski definition) is 0. The number of amides is 1. The quantitative estimate of drug-likeness (QED) is 0.0634. The predicted molar refractivity (Wildman–Crippen MR) is 193 cm³/mol. The van der Waals surface area contributed by atoms with E-state index in [1.807, 2.05) is 34.6 Å². The van der Waals surface area contributed by atoms with E-state index >= 15 is 0 Å². The standard InChI is InChI=1S/C36H66N3O7PS/c1-8-9-10-11-12-13-14-15-16-17-18-19-20-23-32-36(24-29-48(7)41,31-44-47(42-27-21-25-37)43-28-22-26-38)30-39(35(5,6)45-32)33(40)46-34(2,3)4/h32H,8-24,27-31H2,1-7H3. The summed E-state index contributed by atoms with van der Waals surface area (Å²) < 4.78 is 42.9. The van der Waals surface area contributed by atoms with Crippen molar-refractivity contribution in [3.05, 3.63) is 0 Å². The van der Waals surface area contributed by atoms with Crippen LogP contribution < -0.4 is 0 Å². The van der Waals surface area contributed by atoms with Crippen LogP contribution in [0.2, 0.25) is 0 Å². The minimum atomic E-state index is -1.86. The van der Waals surface area contributed by atoms with Crippen molar-refractivity contribution in [3.8, 4) is 12.1 Å². The minimum absolute atomic E-state index is 0.132. The van der Waals surface area contributed by atoms with Gasteiger partial charge in [0.15, 0.2) is 0 Å². The van der Waals surface area contributed by atoms with Crippen LogP contribution in [0.3, 0.4) is 0 Å². The van der Waals surface area contributed by atoms with Crippen LogP contribution in [0.25, 0.3) is 0 Å². The van der Waals surface area contributed by atoms with Crippen molar-refractivity contribution in [2.24, 2.45) is 5.41 Å². The Morgan fingerprint density at radius 2 is 1.40 bits per heavy atom. The van der Waals surface area contributed by atoms with Gasteiger partial charge in [-0.1, -0.05) is 90.4 Å². The lowest BCUT2D eigenvalue weighted by molar-refractivity contribution is -0.248. The summed E-state index contributed by atoms with van der Waals surface area (Å²) in [5.41, 5.74) is -2.34. The van der Waals surface area contributed by atoms with E-state index in [1.54, 1.807) is 11.2 Å². The summed E-state index contributed by atoms with van der Waals surface area (Å²) in [5.74, 6) is 0.410. The topological polar surface area (TPSA) is 131 Å². The van der Waals surface area contributed by atoms with Gasteiger partial charge < -0.3 is 23.0 Å². The van der Waals surface area contributed by atoms with Crippen LogP contribution in [-0.4, -0.2) is 71.0 Å². The van der Waals surface area contributed by atoms with Crippen LogP contribution in [0, 0.1) is 28.1 Å². The molecule has 12 heteroatoms. The van der Waals surface area contributed by atoms with E-state index < -0.39 is 42.2 Å². The van der Waals surface area contributed by atoms with E-state index in [1.165, 1.54) is 70.6 Å². The maximum atomic E-state index is 13.6. The van der Waals surface area contributed by atoms with Crippen LogP contribution >= 0.6 is 8.60 Å². The molecule has 3 atom stereocenters. The lowest BCUT2D eigenvalue weighted by atomic mass is 9.75. The second-order valence-corrected chi connectivity index (χ2v) is 17.3. The van der Waals surface area contributed by atoms with E-state index in [0.717, 1.165) is 19.3 Å².